The van der Waals surface area contributed by atoms with E-state index in [0.29, 0.717) is 25.3 Å². The van der Waals surface area contributed by atoms with Crippen LogP contribution in [0.4, 0.5) is 8.78 Å². The molecular weight excluding hydrogens is 190 g/mol. The Morgan fingerprint density at radius 1 is 1.43 bits per heavy atom. The first-order chi connectivity index (χ1) is 6.77. The van der Waals surface area contributed by atoms with Crippen molar-refractivity contribution in [1.29, 1.82) is 0 Å². The normalized spacial score (nSPS) is 22.3. The van der Waals surface area contributed by atoms with Crippen LogP contribution >= 0.6 is 0 Å². The number of nitrogens with one attached hydrogen (secondary N) is 1. The molecule has 5 heteroatoms. The summed E-state index contributed by atoms with van der Waals surface area (Å²) in [4.78, 5) is 3.12. The molecule has 0 bridgehead atoms. The molecule has 14 heavy (non-hydrogen) atoms. The van der Waals surface area contributed by atoms with E-state index in [9.17, 15) is 8.78 Å². The Kier molecular flexibility index (Phi) is 2.69. The quantitative estimate of drug-likeness (QED) is 0.687. The molecule has 1 N–H and O–H groups in total. The minimum atomic E-state index is -0.803. The molecule has 0 aromatic carbocycles. The molecule has 1 atom stereocenters. The standard InChI is InChI=1S/C9H10F2N2O/c10-8-2-1-6(9(11)13-8)7-5-14-4-3-12-7/h1-2,7,12H,3-5H2/t7-/m0/s1. The molecule has 1 aromatic heterocycles. The van der Waals surface area contributed by atoms with Crippen molar-refractivity contribution in [3.05, 3.63) is 29.6 Å². The number of ether oxygens (including phenoxy) is 1. The molecule has 1 aliphatic heterocycles. The summed E-state index contributed by atoms with van der Waals surface area (Å²) in [7, 11) is 0. The van der Waals surface area contributed by atoms with Crippen LogP contribution in [0.2, 0.25) is 0 Å². The van der Waals surface area contributed by atoms with Gasteiger partial charge in [0.2, 0.25) is 11.9 Å². The van der Waals surface area contributed by atoms with Gasteiger partial charge in [-0.25, -0.2) is 0 Å². The highest BCUT2D eigenvalue weighted by Gasteiger charge is 2.19. The van der Waals surface area contributed by atoms with E-state index >= 15 is 0 Å². The summed E-state index contributed by atoms with van der Waals surface area (Å²) in [5.74, 6) is -1.57. The monoisotopic (exact) mass is 200 g/mol. The average molecular weight is 200 g/mol. The van der Waals surface area contributed by atoms with Gasteiger partial charge in [0.15, 0.2) is 0 Å². The average Bonchev–Trinajstić information content (AvgIpc) is 2.19. The molecule has 3 nitrogen and oxygen atoms in total. The summed E-state index contributed by atoms with van der Waals surface area (Å²) in [5.41, 5.74) is 0.353. The molecule has 1 fully saturated rings. The van der Waals surface area contributed by atoms with Gasteiger partial charge in [-0.2, -0.15) is 13.8 Å². The van der Waals surface area contributed by atoms with E-state index in [4.69, 9.17) is 4.74 Å². The Bertz CT molecular complexity index is 327. The molecule has 0 spiro atoms. The fourth-order valence-corrected chi connectivity index (χ4v) is 1.45. The zero-order valence-electron chi connectivity index (χ0n) is 7.46. The van der Waals surface area contributed by atoms with Gasteiger partial charge >= 0.3 is 0 Å². The second-order valence-electron chi connectivity index (χ2n) is 3.10. The number of morpholine rings is 1. The van der Waals surface area contributed by atoms with Gasteiger partial charge in [-0.15, -0.1) is 0 Å². The van der Waals surface area contributed by atoms with Gasteiger partial charge in [-0.1, -0.05) is 0 Å². The van der Waals surface area contributed by atoms with Gasteiger partial charge < -0.3 is 10.1 Å². The number of pyridine rings is 1. The highest BCUT2D eigenvalue weighted by Crippen LogP contribution is 2.17. The van der Waals surface area contributed by atoms with Crippen molar-refractivity contribution in [1.82, 2.24) is 10.3 Å². The molecule has 0 saturated carbocycles. The molecule has 1 aromatic rings. The lowest BCUT2D eigenvalue weighted by molar-refractivity contribution is 0.0754. The van der Waals surface area contributed by atoms with Gasteiger partial charge in [0, 0.05) is 12.1 Å². The molecule has 76 valence electrons. The molecule has 2 rings (SSSR count). The zero-order chi connectivity index (χ0) is 9.97. The highest BCUT2D eigenvalue weighted by molar-refractivity contribution is 5.16. The summed E-state index contributed by atoms with van der Waals surface area (Å²) in [6.07, 6.45) is 0. The molecule has 0 amide bonds. The van der Waals surface area contributed by atoms with Crippen molar-refractivity contribution in [2.45, 2.75) is 6.04 Å². The number of halogens is 2. The summed E-state index contributed by atoms with van der Waals surface area (Å²) in [6.45, 7) is 1.68. The predicted molar refractivity (Wildman–Crippen MR) is 45.7 cm³/mol. The highest BCUT2D eigenvalue weighted by atomic mass is 19.1. The molecule has 1 aliphatic rings. The van der Waals surface area contributed by atoms with E-state index < -0.39 is 11.9 Å². The predicted octanol–water partition coefficient (Wildman–Crippen LogP) is 1.02. The number of rotatable bonds is 1. The number of hydrogen-bond acceptors (Lipinski definition) is 3. The molecule has 2 heterocycles. The number of nitrogens with zero attached hydrogens (tertiary/aromatic N) is 1. The molecule has 0 unspecified atom stereocenters. The minimum absolute atomic E-state index is 0.225. The summed E-state index contributed by atoms with van der Waals surface area (Å²) < 4.78 is 30.9. The first-order valence-corrected chi connectivity index (χ1v) is 4.40. The van der Waals surface area contributed by atoms with Crippen LogP contribution in [0.5, 0.6) is 0 Å². The smallest absolute Gasteiger partial charge is 0.220 e. The van der Waals surface area contributed by atoms with Gasteiger partial charge in [0.05, 0.1) is 19.3 Å². The third-order valence-corrected chi connectivity index (χ3v) is 2.14. The maximum Gasteiger partial charge on any atom is 0.220 e. The van der Waals surface area contributed by atoms with Crippen molar-refractivity contribution in [3.63, 3.8) is 0 Å². The lowest BCUT2D eigenvalue weighted by Gasteiger charge is -2.23. The van der Waals surface area contributed by atoms with Gasteiger partial charge in [-0.05, 0) is 12.1 Å². The van der Waals surface area contributed by atoms with Crippen LogP contribution in [-0.2, 0) is 4.74 Å². The van der Waals surface area contributed by atoms with Crippen LogP contribution in [0.3, 0.4) is 0 Å². The maximum atomic E-state index is 13.2. The van der Waals surface area contributed by atoms with Crippen LogP contribution in [0.1, 0.15) is 11.6 Å². The molecular formula is C9H10F2N2O. The maximum absolute atomic E-state index is 13.2. The lowest BCUT2D eigenvalue weighted by atomic mass is 10.1. The SMILES string of the molecule is Fc1ccc([C@@H]2COCCN2)c(F)n1. The van der Waals surface area contributed by atoms with Crippen molar-refractivity contribution < 1.29 is 13.5 Å². The van der Waals surface area contributed by atoms with E-state index in [1.165, 1.54) is 6.07 Å². The van der Waals surface area contributed by atoms with E-state index in [-0.39, 0.29) is 6.04 Å². The second-order valence-corrected chi connectivity index (χ2v) is 3.10. The lowest BCUT2D eigenvalue weighted by Crippen LogP contribution is -2.35. The van der Waals surface area contributed by atoms with E-state index in [0.717, 1.165) is 6.07 Å². The van der Waals surface area contributed by atoms with E-state index in [2.05, 4.69) is 10.3 Å². The topological polar surface area (TPSA) is 34.1 Å². The minimum Gasteiger partial charge on any atom is -0.378 e. The Morgan fingerprint density at radius 2 is 2.29 bits per heavy atom. The van der Waals surface area contributed by atoms with Crippen LogP contribution in [0, 0.1) is 11.9 Å². The largest absolute Gasteiger partial charge is 0.378 e. The third kappa shape index (κ3) is 1.88. The second kappa shape index (κ2) is 3.98. The Labute approximate surface area is 80.1 Å². The molecule has 1 saturated heterocycles. The number of hydrogen-bond donors (Lipinski definition) is 1. The zero-order valence-corrected chi connectivity index (χ0v) is 7.46. The summed E-state index contributed by atoms with van der Waals surface area (Å²) in [6, 6.07) is 2.32. The first kappa shape index (κ1) is 9.48. The van der Waals surface area contributed by atoms with Crippen molar-refractivity contribution in [2.24, 2.45) is 0 Å². The van der Waals surface area contributed by atoms with Crippen LogP contribution < -0.4 is 5.32 Å². The van der Waals surface area contributed by atoms with Gasteiger partial charge in [0.25, 0.3) is 0 Å². The van der Waals surface area contributed by atoms with Crippen LogP contribution in [0.15, 0.2) is 12.1 Å². The van der Waals surface area contributed by atoms with Gasteiger partial charge in [0.1, 0.15) is 0 Å². The van der Waals surface area contributed by atoms with Crippen LogP contribution in [0.25, 0.3) is 0 Å². The molecule has 0 aliphatic carbocycles. The molecule has 0 radical (unpaired) electrons. The van der Waals surface area contributed by atoms with Crippen LogP contribution in [-0.4, -0.2) is 24.7 Å². The Balaban J connectivity index is 2.22. The van der Waals surface area contributed by atoms with Crippen molar-refractivity contribution >= 4 is 0 Å². The van der Waals surface area contributed by atoms with E-state index in [1.807, 2.05) is 0 Å². The van der Waals surface area contributed by atoms with E-state index in [1.54, 1.807) is 0 Å². The Morgan fingerprint density at radius 3 is 2.93 bits per heavy atom. The summed E-state index contributed by atoms with van der Waals surface area (Å²) in [5, 5.41) is 3.07. The van der Waals surface area contributed by atoms with Crippen molar-refractivity contribution in [2.75, 3.05) is 19.8 Å². The fourth-order valence-electron chi connectivity index (χ4n) is 1.45. The summed E-state index contributed by atoms with van der Waals surface area (Å²) >= 11 is 0. The number of aromatic nitrogens is 1. The Hall–Kier alpha value is -1.07. The van der Waals surface area contributed by atoms with Crippen molar-refractivity contribution in [3.8, 4) is 0 Å². The first-order valence-electron chi connectivity index (χ1n) is 4.40. The van der Waals surface area contributed by atoms with Gasteiger partial charge in [-0.3, -0.25) is 0 Å². The third-order valence-electron chi connectivity index (χ3n) is 2.14. The fraction of sp³-hybridized carbons (Fsp3) is 0.444.